The first-order chi connectivity index (χ1) is 15.1. The molecule has 1 aliphatic rings. The molecule has 1 atom stereocenters. The van der Waals surface area contributed by atoms with E-state index >= 15 is 0 Å². The van der Waals surface area contributed by atoms with Crippen molar-refractivity contribution < 1.29 is 19.4 Å². The standard InChI is InChI=1S/C26H25NO4/c28-25(29)24(15-6-10-18-8-2-1-3-9-18)27-26(30)31-17-20-12-7-14-22-21-13-5-4-11-19(21)16-23(20)22/h1-5,7-9,11-14,24H,6,10,15-17H2,(H,27,30)(H,28,29)/t24-/m0/s1. The van der Waals surface area contributed by atoms with Crippen LogP contribution >= 0.6 is 0 Å². The van der Waals surface area contributed by atoms with Crippen LogP contribution in [0.1, 0.15) is 35.1 Å². The molecule has 0 bridgehead atoms. The number of amides is 1. The summed E-state index contributed by atoms with van der Waals surface area (Å²) in [7, 11) is 0. The number of aryl methyl sites for hydroxylation is 1. The Morgan fingerprint density at radius 1 is 0.935 bits per heavy atom. The lowest BCUT2D eigenvalue weighted by Crippen LogP contribution is -2.41. The number of benzene rings is 3. The molecule has 158 valence electrons. The molecule has 5 heteroatoms. The maximum atomic E-state index is 12.3. The molecule has 3 aromatic carbocycles. The second-order valence-electron chi connectivity index (χ2n) is 7.77. The van der Waals surface area contributed by atoms with E-state index in [0.717, 1.165) is 29.5 Å². The first-order valence-electron chi connectivity index (χ1n) is 10.5. The van der Waals surface area contributed by atoms with Gasteiger partial charge in [-0.3, -0.25) is 0 Å². The van der Waals surface area contributed by atoms with Crippen LogP contribution in [0.4, 0.5) is 4.79 Å². The van der Waals surface area contributed by atoms with Gasteiger partial charge in [0.2, 0.25) is 0 Å². The molecule has 0 radical (unpaired) electrons. The number of hydrogen-bond acceptors (Lipinski definition) is 3. The zero-order valence-corrected chi connectivity index (χ0v) is 17.2. The summed E-state index contributed by atoms with van der Waals surface area (Å²) in [4.78, 5) is 23.8. The number of fused-ring (bicyclic) bond motifs is 3. The molecule has 0 saturated heterocycles. The number of carbonyl (C=O) groups is 2. The summed E-state index contributed by atoms with van der Waals surface area (Å²) in [5, 5.41) is 12.0. The Labute approximate surface area is 181 Å². The summed E-state index contributed by atoms with van der Waals surface area (Å²) in [5.74, 6) is -1.05. The van der Waals surface area contributed by atoms with E-state index < -0.39 is 18.1 Å². The molecular formula is C26H25NO4. The highest BCUT2D eigenvalue weighted by Gasteiger charge is 2.23. The molecule has 0 saturated carbocycles. The predicted molar refractivity (Wildman–Crippen MR) is 119 cm³/mol. The van der Waals surface area contributed by atoms with Crippen molar-refractivity contribution in [1.29, 1.82) is 0 Å². The molecule has 0 aliphatic heterocycles. The Kier molecular flexibility index (Phi) is 6.32. The van der Waals surface area contributed by atoms with Crippen LogP contribution in [-0.2, 0) is 29.0 Å². The van der Waals surface area contributed by atoms with Gasteiger partial charge in [-0.25, -0.2) is 9.59 Å². The highest BCUT2D eigenvalue weighted by Crippen LogP contribution is 2.38. The molecule has 0 heterocycles. The number of hydrogen-bond donors (Lipinski definition) is 2. The lowest BCUT2D eigenvalue weighted by atomic mass is 10.0. The van der Waals surface area contributed by atoms with Gasteiger partial charge in [-0.2, -0.15) is 0 Å². The van der Waals surface area contributed by atoms with Gasteiger partial charge < -0.3 is 15.2 Å². The van der Waals surface area contributed by atoms with Crippen LogP contribution in [0.15, 0.2) is 72.8 Å². The number of rotatable bonds is 8. The largest absolute Gasteiger partial charge is 0.480 e. The van der Waals surface area contributed by atoms with Gasteiger partial charge in [0.05, 0.1) is 0 Å². The van der Waals surface area contributed by atoms with Crippen LogP contribution in [0.2, 0.25) is 0 Å². The van der Waals surface area contributed by atoms with Crippen molar-refractivity contribution in [3.63, 3.8) is 0 Å². The molecule has 1 amide bonds. The fraction of sp³-hybridized carbons (Fsp3) is 0.231. The molecule has 5 nitrogen and oxygen atoms in total. The van der Waals surface area contributed by atoms with E-state index in [1.165, 1.54) is 16.7 Å². The Bertz CT molecular complexity index is 1080. The molecular weight excluding hydrogens is 390 g/mol. The van der Waals surface area contributed by atoms with Crippen molar-refractivity contribution in [3.05, 3.63) is 95.1 Å². The minimum atomic E-state index is -1.05. The topological polar surface area (TPSA) is 75.6 Å². The molecule has 4 rings (SSSR count). The van der Waals surface area contributed by atoms with E-state index in [1.54, 1.807) is 0 Å². The lowest BCUT2D eigenvalue weighted by molar-refractivity contribution is -0.139. The third-order valence-corrected chi connectivity index (χ3v) is 5.70. The fourth-order valence-electron chi connectivity index (χ4n) is 4.10. The van der Waals surface area contributed by atoms with Crippen molar-refractivity contribution >= 4 is 12.1 Å². The van der Waals surface area contributed by atoms with E-state index in [-0.39, 0.29) is 6.61 Å². The lowest BCUT2D eigenvalue weighted by Gasteiger charge is -2.15. The SMILES string of the molecule is O=C(N[C@@H](CCCc1ccccc1)C(=O)O)OCc1cccc2c1Cc1ccccc1-2. The van der Waals surface area contributed by atoms with E-state index in [1.807, 2.05) is 54.6 Å². The van der Waals surface area contributed by atoms with Gasteiger partial charge in [-0.05, 0) is 59.1 Å². The van der Waals surface area contributed by atoms with E-state index in [4.69, 9.17) is 4.74 Å². The van der Waals surface area contributed by atoms with Gasteiger partial charge >= 0.3 is 12.1 Å². The summed E-state index contributed by atoms with van der Waals surface area (Å²) in [6, 6.07) is 23.2. The number of carboxylic acid groups (broad SMARTS) is 1. The second-order valence-corrected chi connectivity index (χ2v) is 7.77. The average molecular weight is 415 g/mol. The molecule has 0 spiro atoms. The minimum Gasteiger partial charge on any atom is -0.480 e. The first-order valence-corrected chi connectivity index (χ1v) is 10.5. The van der Waals surface area contributed by atoms with Gasteiger partial charge in [-0.15, -0.1) is 0 Å². The van der Waals surface area contributed by atoms with Crippen molar-refractivity contribution in [2.75, 3.05) is 0 Å². The first kappa shape index (κ1) is 20.7. The van der Waals surface area contributed by atoms with Crippen LogP contribution in [0.25, 0.3) is 11.1 Å². The Morgan fingerprint density at radius 2 is 1.68 bits per heavy atom. The van der Waals surface area contributed by atoms with Crippen molar-refractivity contribution in [1.82, 2.24) is 5.32 Å². The van der Waals surface area contributed by atoms with Gasteiger partial charge in [-0.1, -0.05) is 72.8 Å². The summed E-state index contributed by atoms with van der Waals surface area (Å²) < 4.78 is 5.38. The molecule has 2 N–H and O–H groups in total. The predicted octanol–water partition coefficient (Wildman–Crippen LogP) is 4.96. The zero-order chi connectivity index (χ0) is 21.6. The van der Waals surface area contributed by atoms with Gasteiger partial charge in [0, 0.05) is 0 Å². The normalized spacial score (nSPS) is 12.5. The van der Waals surface area contributed by atoms with Crippen LogP contribution in [0.5, 0.6) is 0 Å². The van der Waals surface area contributed by atoms with Crippen LogP contribution in [0, 0.1) is 0 Å². The minimum absolute atomic E-state index is 0.110. The van der Waals surface area contributed by atoms with Crippen molar-refractivity contribution in [2.45, 2.75) is 38.3 Å². The molecule has 1 aliphatic carbocycles. The number of aliphatic carboxylic acids is 1. The van der Waals surface area contributed by atoms with Gasteiger partial charge in [0.15, 0.2) is 0 Å². The van der Waals surface area contributed by atoms with E-state index in [9.17, 15) is 14.7 Å². The smallest absolute Gasteiger partial charge is 0.408 e. The van der Waals surface area contributed by atoms with Crippen molar-refractivity contribution in [2.24, 2.45) is 0 Å². The summed E-state index contributed by atoms with van der Waals surface area (Å²) in [6.07, 6.45) is 1.86. The summed E-state index contributed by atoms with van der Waals surface area (Å²) in [5.41, 5.74) is 6.90. The molecule has 31 heavy (non-hydrogen) atoms. The monoisotopic (exact) mass is 415 g/mol. The van der Waals surface area contributed by atoms with Crippen LogP contribution < -0.4 is 5.32 Å². The zero-order valence-electron chi connectivity index (χ0n) is 17.2. The average Bonchev–Trinajstić information content (AvgIpc) is 3.17. The number of carboxylic acids is 1. The maximum Gasteiger partial charge on any atom is 0.408 e. The number of carbonyl (C=O) groups excluding carboxylic acids is 1. The van der Waals surface area contributed by atoms with Crippen molar-refractivity contribution in [3.8, 4) is 11.1 Å². The highest BCUT2D eigenvalue weighted by molar-refractivity contribution is 5.80. The fourth-order valence-corrected chi connectivity index (χ4v) is 4.10. The number of alkyl carbamates (subject to hydrolysis) is 1. The summed E-state index contributed by atoms with van der Waals surface area (Å²) in [6.45, 7) is 0.110. The van der Waals surface area contributed by atoms with E-state index in [2.05, 4.69) is 23.5 Å². The maximum absolute atomic E-state index is 12.3. The third kappa shape index (κ3) is 4.94. The van der Waals surface area contributed by atoms with Gasteiger partial charge in [0.1, 0.15) is 12.6 Å². The Hall–Kier alpha value is -3.60. The van der Waals surface area contributed by atoms with Crippen LogP contribution in [-0.4, -0.2) is 23.2 Å². The Morgan fingerprint density at radius 3 is 2.48 bits per heavy atom. The third-order valence-electron chi connectivity index (χ3n) is 5.70. The second kappa shape index (κ2) is 9.47. The Balaban J connectivity index is 1.32. The molecule has 0 fully saturated rings. The molecule has 3 aromatic rings. The quantitative estimate of drug-likeness (QED) is 0.426. The number of ether oxygens (including phenoxy) is 1. The number of nitrogens with one attached hydrogen (secondary N) is 1. The van der Waals surface area contributed by atoms with Crippen LogP contribution in [0.3, 0.4) is 0 Å². The van der Waals surface area contributed by atoms with E-state index in [0.29, 0.717) is 12.8 Å². The molecule has 0 unspecified atom stereocenters. The summed E-state index contributed by atoms with van der Waals surface area (Å²) >= 11 is 0. The molecule has 0 aromatic heterocycles. The van der Waals surface area contributed by atoms with Gasteiger partial charge in [0.25, 0.3) is 0 Å². The highest BCUT2D eigenvalue weighted by atomic mass is 16.5.